The minimum Gasteiger partial charge on any atom is -0.376 e. The summed E-state index contributed by atoms with van der Waals surface area (Å²) in [6.07, 6.45) is -1.39. The maximum Gasteiger partial charge on any atom is 0.453 e. The van der Waals surface area contributed by atoms with E-state index in [2.05, 4.69) is 15.3 Å². The van der Waals surface area contributed by atoms with E-state index in [4.69, 9.17) is 4.74 Å². The normalized spacial score (nSPS) is 19.5. The van der Waals surface area contributed by atoms with E-state index in [-0.39, 0.29) is 11.8 Å². The van der Waals surface area contributed by atoms with Crippen LogP contribution in [-0.4, -0.2) is 46.1 Å². The van der Waals surface area contributed by atoms with Crippen molar-refractivity contribution in [2.45, 2.75) is 31.5 Å². The first kappa shape index (κ1) is 15.0. The molecule has 2 aromatic heterocycles. The van der Waals surface area contributed by atoms with Crippen molar-refractivity contribution in [1.82, 2.24) is 19.8 Å². The molecule has 6 nitrogen and oxygen atoms in total. The van der Waals surface area contributed by atoms with E-state index in [1.165, 1.54) is 6.07 Å². The third-order valence-electron chi connectivity index (χ3n) is 3.64. The molecule has 0 unspecified atom stereocenters. The molecule has 3 heterocycles. The van der Waals surface area contributed by atoms with Crippen LogP contribution in [0.2, 0.25) is 0 Å². The molecule has 1 fully saturated rings. The Hall–Kier alpha value is -1.90. The molecule has 1 saturated heterocycles. The van der Waals surface area contributed by atoms with Gasteiger partial charge in [-0.15, -0.1) is 15.3 Å². The lowest BCUT2D eigenvalue weighted by atomic mass is 10.1. The van der Waals surface area contributed by atoms with Gasteiger partial charge in [-0.05, 0) is 31.4 Å². The second-order valence-electron chi connectivity index (χ2n) is 5.35. The summed E-state index contributed by atoms with van der Waals surface area (Å²) in [4.78, 5) is 1.79. The molecule has 0 bridgehead atoms. The van der Waals surface area contributed by atoms with E-state index in [9.17, 15) is 13.2 Å². The third kappa shape index (κ3) is 2.99. The fourth-order valence-corrected chi connectivity index (χ4v) is 2.51. The number of hydrogen-bond donors (Lipinski definition) is 0. The number of rotatable bonds is 3. The van der Waals surface area contributed by atoms with Crippen LogP contribution in [-0.2, 0) is 10.9 Å². The van der Waals surface area contributed by atoms with Gasteiger partial charge < -0.3 is 9.64 Å². The number of halogens is 3. The van der Waals surface area contributed by atoms with Gasteiger partial charge in [0.15, 0.2) is 5.65 Å². The molecule has 1 aliphatic heterocycles. The molecule has 0 spiro atoms. The predicted molar refractivity (Wildman–Crippen MR) is 72.6 cm³/mol. The summed E-state index contributed by atoms with van der Waals surface area (Å²) in [5.41, 5.74) is 0.0680. The summed E-state index contributed by atoms with van der Waals surface area (Å²) in [6, 6.07) is 3.11. The van der Waals surface area contributed by atoms with Crippen LogP contribution in [0.3, 0.4) is 0 Å². The summed E-state index contributed by atoms with van der Waals surface area (Å²) in [5.74, 6) is -0.696. The first-order chi connectivity index (χ1) is 10.4. The van der Waals surface area contributed by atoms with E-state index < -0.39 is 12.0 Å². The third-order valence-corrected chi connectivity index (χ3v) is 3.64. The van der Waals surface area contributed by atoms with Crippen LogP contribution < -0.4 is 4.90 Å². The predicted octanol–water partition coefficient (Wildman–Crippen LogP) is 2.15. The Balaban J connectivity index is 1.84. The van der Waals surface area contributed by atoms with Crippen molar-refractivity contribution in [3.05, 3.63) is 18.0 Å². The number of alkyl halides is 3. The Labute approximate surface area is 124 Å². The van der Waals surface area contributed by atoms with Crippen LogP contribution in [0.25, 0.3) is 5.65 Å². The lowest BCUT2D eigenvalue weighted by molar-refractivity contribution is -0.146. The number of fused-ring (bicyclic) bond motifs is 1. The summed E-state index contributed by atoms with van der Waals surface area (Å²) in [5, 5.41) is 10.7. The van der Waals surface area contributed by atoms with Gasteiger partial charge in [-0.25, -0.2) is 0 Å². The van der Waals surface area contributed by atoms with E-state index in [0.29, 0.717) is 12.4 Å². The van der Waals surface area contributed by atoms with Crippen LogP contribution in [0.15, 0.2) is 12.1 Å². The minimum atomic E-state index is -4.59. The van der Waals surface area contributed by atoms with E-state index in [1.807, 2.05) is 0 Å². The highest BCUT2D eigenvalue weighted by Crippen LogP contribution is 2.28. The van der Waals surface area contributed by atoms with Crippen molar-refractivity contribution < 1.29 is 17.9 Å². The smallest absolute Gasteiger partial charge is 0.376 e. The lowest BCUT2D eigenvalue weighted by Crippen LogP contribution is -2.34. The zero-order valence-electron chi connectivity index (χ0n) is 12.0. The van der Waals surface area contributed by atoms with Crippen LogP contribution in [0.4, 0.5) is 19.0 Å². The van der Waals surface area contributed by atoms with Crippen LogP contribution in [0.5, 0.6) is 0 Å². The number of aromatic nitrogens is 4. The number of nitrogens with zero attached hydrogens (tertiary/aromatic N) is 5. The quantitative estimate of drug-likeness (QED) is 0.869. The standard InChI is InChI=1S/C13H16F3N5O/c1-20(8-9-4-2-3-7-22-9)11-6-5-10-17-18-12(13(14,15)16)21(10)19-11/h5-6,9H,2-4,7-8H2,1H3/t9-/m1/s1. The average molecular weight is 315 g/mol. The Kier molecular flexibility index (Phi) is 3.90. The topological polar surface area (TPSA) is 55.5 Å². The van der Waals surface area contributed by atoms with Gasteiger partial charge in [0.25, 0.3) is 5.82 Å². The molecule has 3 rings (SSSR count). The van der Waals surface area contributed by atoms with Crippen molar-refractivity contribution in [3.8, 4) is 0 Å². The second kappa shape index (κ2) is 5.71. The van der Waals surface area contributed by atoms with Gasteiger partial charge in [0.1, 0.15) is 5.82 Å². The molecule has 1 atom stereocenters. The SMILES string of the molecule is CN(C[C@H]1CCCCO1)c1ccc2nnc(C(F)(F)F)n2n1. The van der Waals surface area contributed by atoms with Crippen LogP contribution in [0, 0.1) is 0 Å². The van der Waals surface area contributed by atoms with Gasteiger partial charge in [0.05, 0.1) is 6.10 Å². The summed E-state index contributed by atoms with van der Waals surface area (Å²) in [7, 11) is 1.78. The minimum absolute atomic E-state index is 0.0680. The Morgan fingerprint density at radius 3 is 2.82 bits per heavy atom. The Bertz CT molecular complexity index is 651. The van der Waals surface area contributed by atoms with Crippen molar-refractivity contribution in [3.63, 3.8) is 0 Å². The zero-order valence-corrected chi connectivity index (χ0v) is 12.0. The largest absolute Gasteiger partial charge is 0.453 e. The molecule has 22 heavy (non-hydrogen) atoms. The average Bonchev–Trinajstić information content (AvgIpc) is 2.91. The van der Waals surface area contributed by atoms with Crippen molar-refractivity contribution in [2.75, 3.05) is 25.1 Å². The van der Waals surface area contributed by atoms with E-state index in [0.717, 1.165) is 30.4 Å². The van der Waals surface area contributed by atoms with Gasteiger partial charge in [0, 0.05) is 20.2 Å². The first-order valence-corrected chi connectivity index (χ1v) is 7.07. The molecule has 120 valence electrons. The fourth-order valence-electron chi connectivity index (χ4n) is 2.51. The molecular weight excluding hydrogens is 299 g/mol. The van der Waals surface area contributed by atoms with Crippen molar-refractivity contribution >= 4 is 11.5 Å². The Morgan fingerprint density at radius 1 is 1.32 bits per heavy atom. The molecule has 0 aromatic carbocycles. The highest BCUT2D eigenvalue weighted by Gasteiger charge is 2.37. The van der Waals surface area contributed by atoms with Crippen molar-refractivity contribution in [2.24, 2.45) is 0 Å². The molecule has 9 heteroatoms. The molecule has 0 radical (unpaired) electrons. The van der Waals surface area contributed by atoms with Gasteiger partial charge in [-0.2, -0.15) is 17.7 Å². The zero-order chi connectivity index (χ0) is 15.7. The number of anilines is 1. The van der Waals surface area contributed by atoms with Crippen molar-refractivity contribution in [1.29, 1.82) is 0 Å². The van der Waals surface area contributed by atoms with Gasteiger partial charge in [0.2, 0.25) is 0 Å². The maximum atomic E-state index is 12.9. The van der Waals surface area contributed by atoms with Gasteiger partial charge in [-0.3, -0.25) is 0 Å². The molecule has 0 amide bonds. The molecule has 2 aromatic rings. The number of likely N-dealkylation sites (N-methyl/N-ethyl adjacent to an activating group) is 1. The maximum absolute atomic E-state index is 12.9. The van der Waals surface area contributed by atoms with E-state index >= 15 is 0 Å². The highest BCUT2D eigenvalue weighted by atomic mass is 19.4. The molecule has 0 aliphatic carbocycles. The fraction of sp³-hybridized carbons (Fsp3) is 0.615. The highest BCUT2D eigenvalue weighted by molar-refractivity contribution is 5.45. The number of ether oxygens (including phenoxy) is 1. The molecular formula is C13H16F3N5O. The molecule has 0 N–H and O–H groups in total. The first-order valence-electron chi connectivity index (χ1n) is 7.07. The van der Waals surface area contributed by atoms with Crippen LogP contribution in [0.1, 0.15) is 25.1 Å². The second-order valence-corrected chi connectivity index (χ2v) is 5.35. The molecule has 0 saturated carbocycles. The van der Waals surface area contributed by atoms with Gasteiger partial charge in [-0.1, -0.05) is 0 Å². The summed E-state index contributed by atoms with van der Waals surface area (Å²) >= 11 is 0. The summed E-state index contributed by atoms with van der Waals surface area (Å²) < 4.78 is 44.9. The Morgan fingerprint density at radius 2 is 2.14 bits per heavy atom. The number of hydrogen-bond acceptors (Lipinski definition) is 5. The lowest BCUT2D eigenvalue weighted by Gasteiger charge is -2.27. The van der Waals surface area contributed by atoms with Crippen LogP contribution >= 0.6 is 0 Å². The summed E-state index contributed by atoms with van der Waals surface area (Å²) in [6.45, 7) is 1.32. The van der Waals surface area contributed by atoms with E-state index in [1.54, 1.807) is 18.0 Å². The monoisotopic (exact) mass is 315 g/mol. The van der Waals surface area contributed by atoms with Gasteiger partial charge >= 0.3 is 6.18 Å². The molecule has 1 aliphatic rings.